The molecule has 0 spiro atoms. The largest absolute Gasteiger partial charge is 0.303 e. The number of hydrogen-bond acceptors (Lipinski definition) is 1. The van der Waals surface area contributed by atoms with Crippen LogP contribution in [0.2, 0.25) is 0 Å². The second-order valence-electron chi connectivity index (χ2n) is 3.19. The molecule has 1 heteroatoms. The van der Waals surface area contributed by atoms with Crippen molar-refractivity contribution in [2.24, 2.45) is 0 Å². The van der Waals surface area contributed by atoms with Crippen molar-refractivity contribution in [1.29, 1.82) is 0 Å². The predicted octanol–water partition coefficient (Wildman–Crippen LogP) is 2.85. The molecule has 0 bridgehead atoms. The fourth-order valence-corrected chi connectivity index (χ4v) is 1.03. The van der Waals surface area contributed by atoms with E-state index in [0.717, 1.165) is 25.9 Å². The molecule has 0 amide bonds. The number of nitrogens with zero attached hydrogens (tertiary/aromatic N) is 1. The second kappa shape index (κ2) is 7.11. The van der Waals surface area contributed by atoms with Crippen LogP contribution in [0.5, 0.6) is 0 Å². The average molecular weight is 167 g/mol. The first kappa shape index (κ1) is 11.4. The van der Waals surface area contributed by atoms with E-state index in [-0.39, 0.29) is 0 Å². The van der Waals surface area contributed by atoms with Gasteiger partial charge in [-0.1, -0.05) is 31.2 Å². The molecule has 0 aliphatic carbocycles. The molecule has 0 radical (unpaired) electrons. The van der Waals surface area contributed by atoms with Gasteiger partial charge in [-0.25, -0.2) is 0 Å². The van der Waals surface area contributed by atoms with Crippen molar-refractivity contribution >= 4 is 0 Å². The van der Waals surface area contributed by atoms with Crippen LogP contribution in [0.4, 0.5) is 0 Å². The van der Waals surface area contributed by atoms with E-state index in [1.165, 1.54) is 5.57 Å². The van der Waals surface area contributed by atoms with E-state index in [4.69, 9.17) is 0 Å². The van der Waals surface area contributed by atoms with Gasteiger partial charge in [0.05, 0.1) is 0 Å². The van der Waals surface area contributed by atoms with Crippen LogP contribution in [-0.2, 0) is 0 Å². The lowest BCUT2D eigenvalue weighted by atomic mass is 10.1. The van der Waals surface area contributed by atoms with Crippen molar-refractivity contribution in [3.05, 3.63) is 24.3 Å². The van der Waals surface area contributed by atoms with Gasteiger partial charge in [0, 0.05) is 6.54 Å². The van der Waals surface area contributed by atoms with E-state index in [2.05, 4.69) is 44.5 Å². The molecule has 1 nitrogen and oxygen atoms in total. The van der Waals surface area contributed by atoms with Crippen molar-refractivity contribution in [3.63, 3.8) is 0 Å². The molecule has 0 saturated heterocycles. The van der Waals surface area contributed by atoms with E-state index in [1.807, 2.05) is 0 Å². The highest BCUT2D eigenvalue weighted by Gasteiger charge is 1.96. The molecule has 0 aliphatic heterocycles. The molecule has 0 aromatic heterocycles. The normalized spacial score (nSPS) is 11.3. The SMILES string of the molecule is C=C(CC/C=C\C)CN(C)CC. The summed E-state index contributed by atoms with van der Waals surface area (Å²) in [5, 5.41) is 0. The Hall–Kier alpha value is -0.560. The zero-order chi connectivity index (χ0) is 9.40. The number of likely N-dealkylation sites (N-methyl/N-ethyl adjacent to an activating group) is 1. The van der Waals surface area contributed by atoms with Gasteiger partial charge in [-0.3, -0.25) is 0 Å². The highest BCUT2D eigenvalue weighted by atomic mass is 15.1. The zero-order valence-electron chi connectivity index (χ0n) is 8.64. The van der Waals surface area contributed by atoms with Gasteiger partial charge in [-0.05, 0) is 33.4 Å². The van der Waals surface area contributed by atoms with E-state index < -0.39 is 0 Å². The maximum Gasteiger partial charge on any atom is 0.0187 e. The topological polar surface area (TPSA) is 3.24 Å². The Balaban J connectivity index is 3.46. The van der Waals surface area contributed by atoms with Crippen LogP contribution in [0.25, 0.3) is 0 Å². The summed E-state index contributed by atoms with van der Waals surface area (Å²) in [6.07, 6.45) is 6.54. The first-order valence-corrected chi connectivity index (χ1v) is 4.67. The molecule has 0 atom stereocenters. The minimum atomic E-state index is 1.04. The maximum absolute atomic E-state index is 4.04. The van der Waals surface area contributed by atoms with Crippen molar-refractivity contribution in [2.75, 3.05) is 20.1 Å². The lowest BCUT2D eigenvalue weighted by Crippen LogP contribution is -2.19. The first-order valence-electron chi connectivity index (χ1n) is 4.67. The molecule has 0 heterocycles. The molecule has 12 heavy (non-hydrogen) atoms. The molecular formula is C11H21N. The summed E-state index contributed by atoms with van der Waals surface area (Å²) in [4.78, 5) is 2.28. The van der Waals surface area contributed by atoms with Crippen LogP contribution in [0, 0.1) is 0 Å². The minimum absolute atomic E-state index is 1.04. The summed E-state index contributed by atoms with van der Waals surface area (Å²) in [5.41, 5.74) is 1.33. The molecule has 0 fully saturated rings. The Kier molecular flexibility index (Phi) is 6.78. The van der Waals surface area contributed by atoms with Gasteiger partial charge in [-0.2, -0.15) is 0 Å². The minimum Gasteiger partial charge on any atom is -0.303 e. The lowest BCUT2D eigenvalue weighted by Gasteiger charge is -2.14. The third kappa shape index (κ3) is 6.17. The summed E-state index contributed by atoms with van der Waals surface area (Å²) in [5.74, 6) is 0. The van der Waals surface area contributed by atoms with Crippen molar-refractivity contribution in [3.8, 4) is 0 Å². The van der Waals surface area contributed by atoms with Crippen LogP contribution in [0.3, 0.4) is 0 Å². The Labute approximate surface area is 76.8 Å². The third-order valence-corrected chi connectivity index (χ3v) is 1.93. The Bertz CT molecular complexity index is 147. The molecule has 0 aromatic carbocycles. The average Bonchev–Trinajstić information content (AvgIpc) is 2.05. The predicted molar refractivity (Wildman–Crippen MR) is 56.4 cm³/mol. The summed E-state index contributed by atoms with van der Waals surface area (Å²) < 4.78 is 0. The molecule has 0 rings (SSSR count). The monoisotopic (exact) mass is 167 g/mol. The second-order valence-corrected chi connectivity index (χ2v) is 3.19. The zero-order valence-corrected chi connectivity index (χ0v) is 8.64. The van der Waals surface area contributed by atoms with E-state index in [9.17, 15) is 0 Å². The number of rotatable bonds is 6. The van der Waals surface area contributed by atoms with Gasteiger partial charge in [-0.15, -0.1) is 0 Å². The quantitative estimate of drug-likeness (QED) is 0.550. The van der Waals surface area contributed by atoms with Gasteiger partial charge in [0.15, 0.2) is 0 Å². The van der Waals surface area contributed by atoms with Crippen LogP contribution >= 0.6 is 0 Å². The Morgan fingerprint density at radius 1 is 1.50 bits per heavy atom. The molecule has 0 aromatic rings. The van der Waals surface area contributed by atoms with Crippen LogP contribution in [0.1, 0.15) is 26.7 Å². The Morgan fingerprint density at radius 3 is 2.67 bits per heavy atom. The van der Waals surface area contributed by atoms with E-state index >= 15 is 0 Å². The van der Waals surface area contributed by atoms with Crippen LogP contribution in [0.15, 0.2) is 24.3 Å². The number of allylic oxidation sites excluding steroid dienone is 2. The lowest BCUT2D eigenvalue weighted by molar-refractivity contribution is 0.380. The van der Waals surface area contributed by atoms with E-state index in [1.54, 1.807) is 0 Å². The van der Waals surface area contributed by atoms with E-state index in [0.29, 0.717) is 0 Å². The van der Waals surface area contributed by atoms with Crippen molar-refractivity contribution in [2.45, 2.75) is 26.7 Å². The van der Waals surface area contributed by atoms with Gasteiger partial charge in [0.1, 0.15) is 0 Å². The highest BCUT2D eigenvalue weighted by Crippen LogP contribution is 2.04. The smallest absolute Gasteiger partial charge is 0.0187 e. The van der Waals surface area contributed by atoms with Crippen molar-refractivity contribution in [1.82, 2.24) is 4.90 Å². The van der Waals surface area contributed by atoms with Crippen LogP contribution in [-0.4, -0.2) is 25.0 Å². The summed E-state index contributed by atoms with van der Waals surface area (Å²) >= 11 is 0. The molecular weight excluding hydrogens is 146 g/mol. The molecule has 0 saturated carbocycles. The molecule has 0 aliphatic rings. The summed E-state index contributed by atoms with van der Waals surface area (Å²) in [6, 6.07) is 0. The third-order valence-electron chi connectivity index (χ3n) is 1.93. The fourth-order valence-electron chi connectivity index (χ4n) is 1.03. The fraction of sp³-hybridized carbons (Fsp3) is 0.636. The summed E-state index contributed by atoms with van der Waals surface area (Å²) in [7, 11) is 2.13. The van der Waals surface area contributed by atoms with Crippen molar-refractivity contribution < 1.29 is 0 Å². The van der Waals surface area contributed by atoms with Gasteiger partial charge >= 0.3 is 0 Å². The van der Waals surface area contributed by atoms with Gasteiger partial charge < -0.3 is 4.90 Å². The molecule has 0 N–H and O–H groups in total. The standard InChI is InChI=1S/C11H21N/c1-5-7-8-9-11(3)10-12(4)6-2/h5,7H,3,6,8-10H2,1-2,4H3/b7-5-. The first-order chi connectivity index (χ1) is 5.70. The summed E-state index contributed by atoms with van der Waals surface area (Å²) in [6.45, 7) is 10.4. The Morgan fingerprint density at radius 2 is 2.17 bits per heavy atom. The van der Waals surface area contributed by atoms with Gasteiger partial charge in [0.2, 0.25) is 0 Å². The molecule has 70 valence electrons. The maximum atomic E-state index is 4.04. The number of hydrogen-bond donors (Lipinski definition) is 0. The van der Waals surface area contributed by atoms with Crippen LogP contribution < -0.4 is 0 Å². The van der Waals surface area contributed by atoms with Gasteiger partial charge in [0.25, 0.3) is 0 Å². The molecule has 0 unspecified atom stereocenters. The highest BCUT2D eigenvalue weighted by molar-refractivity contribution is 4.98.